The summed E-state index contributed by atoms with van der Waals surface area (Å²) in [5, 5.41) is 74.6. The smallest absolute Gasteiger partial charge is 0.296 e. The highest BCUT2D eigenvalue weighted by atomic mass is 19.2. The Kier molecular flexibility index (Phi) is 10.4. The minimum Gasteiger partial charge on any atom is -0.296 e. The van der Waals surface area contributed by atoms with Gasteiger partial charge in [-0.15, -0.1) is 0 Å². The van der Waals surface area contributed by atoms with Crippen molar-refractivity contribution in [3.63, 3.8) is 0 Å². The van der Waals surface area contributed by atoms with E-state index in [0.717, 1.165) is 0 Å². The molecule has 37 heavy (non-hydrogen) atoms. The molecule has 210 valence electrons. The van der Waals surface area contributed by atoms with Gasteiger partial charge in [-0.2, -0.15) is 0 Å². The first-order chi connectivity index (χ1) is 16.7. The van der Waals surface area contributed by atoms with Gasteiger partial charge in [0.15, 0.2) is 0 Å². The van der Waals surface area contributed by atoms with Gasteiger partial charge in [0.2, 0.25) is 26.4 Å². The molecule has 0 spiro atoms. The zero-order chi connectivity index (χ0) is 29.4. The van der Waals surface area contributed by atoms with E-state index in [-0.39, 0.29) is 0 Å². The summed E-state index contributed by atoms with van der Waals surface area (Å²) in [6.45, 7) is -11.0. The zero-order valence-corrected chi connectivity index (χ0v) is 17.1. The topological polar surface area (TPSA) is 339 Å². The van der Waals surface area contributed by atoms with Gasteiger partial charge < -0.3 is 0 Å². The summed E-state index contributed by atoms with van der Waals surface area (Å²) in [6.07, 6.45) is -4.38. The van der Waals surface area contributed by atoms with Crippen LogP contribution in [0, 0.1) is 70.8 Å². The van der Waals surface area contributed by atoms with Crippen LogP contribution in [0.2, 0.25) is 0 Å². The predicted molar refractivity (Wildman–Crippen MR) is 91.9 cm³/mol. The van der Waals surface area contributed by atoms with E-state index < -0.39 is 91.3 Å². The first kappa shape index (κ1) is 32.4. The van der Waals surface area contributed by atoms with Gasteiger partial charge in [-0.25, -0.2) is 0 Å². The molecule has 0 aliphatic heterocycles. The van der Waals surface area contributed by atoms with Gasteiger partial charge in [-0.3, -0.25) is 89.7 Å². The van der Waals surface area contributed by atoms with Crippen molar-refractivity contribution in [1.29, 1.82) is 0 Å². The lowest BCUT2D eigenvalue weighted by molar-refractivity contribution is -0.844. The Morgan fingerprint density at radius 3 is 0.919 bits per heavy atom. The molecule has 0 heterocycles. The van der Waals surface area contributed by atoms with Crippen LogP contribution in [0.3, 0.4) is 0 Å². The van der Waals surface area contributed by atoms with Crippen molar-refractivity contribution in [1.82, 2.24) is 0 Å². The Hall–Kier alpha value is -4.57. The van der Waals surface area contributed by atoms with Crippen LogP contribution in [0.5, 0.6) is 0 Å². The Labute approximate surface area is 195 Å². The molecule has 0 saturated carbocycles. The molecular weight excluding hydrogens is 551 g/mol. The summed E-state index contributed by atoms with van der Waals surface area (Å²) >= 11 is 0. The Balaban J connectivity index is 6.63. The third-order valence-corrected chi connectivity index (χ3v) is 3.53. The van der Waals surface area contributed by atoms with Crippen molar-refractivity contribution in [2.45, 2.75) is 23.9 Å². The van der Waals surface area contributed by atoms with Crippen molar-refractivity contribution in [3.8, 4) is 0 Å². The van der Waals surface area contributed by atoms with Gasteiger partial charge in [0.05, 0.1) is 0 Å². The predicted octanol–water partition coefficient (Wildman–Crippen LogP) is -1.53. The van der Waals surface area contributed by atoms with Crippen LogP contribution in [0.25, 0.3) is 0 Å². The van der Waals surface area contributed by atoms with E-state index in [9.17, 15) is 84.0 Å². The molecule has 0 fully saturated rings. The van der Waals surface area contributed by atoms with Crippen LogP contribution in [-0.2, 0) is 18.9 Å². The van der Waals surface area contributed by atoms with Crippen molar-refractivity contribution in [2.24, 2.45) is 0 Å². The lowest BCUT2D eigenvalue weighted by Crippen LogP contribution is -2.57. The van der Waals surface area contributed by atoms with Crippen LogP contribution >= 0.6 is 0 Å². The minimum absolute atomic E-state index is 1.26. The third-order valence-electron chi connectivity index (χ3n) is 3.53. The second-order valence-corrected chi connectivity index (χ2v) is 5.97. The van der Waals surface area contributed by atoms with Crippen LogP contribution < -0.4 is 0 Å². The maximum Gasteiger partial charge on any atom is 0.638 e. The summed E-state index contributed by atoms with van der Waals surface area (Å²) in [4.78, 5) is 59.4. The van der Waals surface area contributed by atoms with Gasteiger partial charge in [-0.05, 0) is 0 Å². The molecule has 0 unspecified atom stereocenters. The molecule has 0 aliphatic carbocycles. The molecule has 0 atom stereocenters. The normalized spacial score (nSPS) is 12.5. The lowest BCUT2D eigenvalue weighted by atomic mass is 10.5. The number of hydrogen-bond acceptors (Lipinski definition) is 18. The second kappa shape index (κ2) is 11.9. The van der Waals surface area contributed by atoms with Crippen LogP contribution in [-0.4, -0.2) is 91.3 Å². The monoisotopic (exact) mass is 561 g/mol. The quantitative estimate of drug-likeness (QED) is 0.0746. The summed E-state index contributed by atoms with van der Waals surface area (Å²) < 4.78 is 58.7. The van der Waals surface area contributed by atoms with E-state index in [2.05, 4.69) is 18.9 Å². The molecule has 0 aromatic heterocycles. The van der Waals surface area contributed by atoms with E-state index in [1.165, 1.54) is 0 Å². The Bertz CT molecular complexity index is 818. The van der Waals surface area contributed by atoms with Crippen LogP contribution in [0.1, 0.15) is 0 Å². The number of halogens is 3. The fraction of sp³-hybridized carbons (Fsp3) is 1.00. The number of nitro groups is 7. The first-order valence-electron chi connectivity index (χ1n) is 8.31. The highest BCUT2D eigenvalue weighted by molar-refractivity contribution is 4.59. The summed E-state index contributed by atoms with van der Waals surface area (Å²) in [5.74, 6) is -14.9. The average molecular weight is 561 g/mol. The molecule has 0 N–H and O–H groups in total. The van der Waals surface area contributed by atoms with Gasteiger partial charge in [-0.1, -0.05) is 13.2 Å². The van der Waals surface area contributed by atoms with Crippen molar-refractivity contribution in [3.05, 3.63) is 70.8 Å². The molecular formula is C9H10F3N7O18. The molecule has 0 aliphatic rings. The first-order valence-corrected chi connectivity index (χ1v) is 8.31. The molecule has 28 heteroatoms. The summed E-state index contributed by atoms with van der Waals surface area (Å²) in [5.41, 5.74) is 0. The molecule has 0 saturated heterocycles. The minimum atomic E-state index is -4.96. The van der Waals surface area contributed by atoms with E-state index in [0.29, 0.717) is 0 Å². The molecule has 0 aromatic rings. The number of hydrogen-bond donors (Lipinski definition) is 0. The molecule has 0 amide bonds. The van der Waals surface area contributed by atoms with E-state index in [1.807, 2.05) is 0 Å². The molecule has 0 bridgehead atoms. The number of nitrogens with zero attached hydrogens (tertiary/aromatic N) is 7. The fourth-order valence-electron chi connectivity index (χ4n) is 1.55. The fourth-order valence-corrected chi connectivity index (χ4v) is 1.55. The van der Waals surface area contributed by atoms with Crippen LogP contribution in [0.4, 0.5) is 13.2 Å². The summed E-state index contributed by atoms with van der Waals surface area (Å²) in [6, 6.07) is 0. The van der Waals surface area contributed by atoms with Gasteiger partial charge in [0.25, 0.3) is 0 Å². The average Bonchev–Trinajstić information content (AvgIpc) is 2.77. The van der Waals surface area contributed by atoms with E-state index in [1.54, 1.807) is 0 Å². The Morgan fingerprint density at radius 1 is 0.486 bits per heavy atom. The summed E-state index contributed by atoms with van der Waals surface area (Å²) in [7, 11) is 0. The highest BCUT2D eigenvalue weighted by Gasteiger charge is 2.66. The number of rotatable bonds is 19. The SMILES string of the molecule is O=[N+]([O-])CCOC(OCC(F)([N+](=O)[O-])[N+](=O)[O-])(OCC(F)([N+](=O)[O-])[N+](=O)[O-])OCC(F)([N+](=O)[O-])[N+](=O)[O-]. The molecule has 25 nitrogen and oxygen atoms in total. The largest absolute Gasteiger partial charge is 0.638 e. The number of alkyl halides is 3. The number of ether oxygens (including phenoxy) is 4. The Morgan fingerprint density at radius 2 is 0.730 bits per heavy atom. The third kappa shape index (κ3) is 7.71. The van der Waals surface area contributed by atoms with E-state index in [4.69, 9.17) is 0 Å². The second-order valence-electron chi connectivity index (χ2n) is 5.97. The van der Waals surface area contributed by atoms with Crippen molar-refractivity contribution in [2.75, 3.05) is 33.0 Å². The van der Waals surface area contributed by atoms with E-state index >= 15 is 0 Å². The molecule has 0 aromatic carbocycles. The highest BCUT2D eigenvalue weighted by Crippen LogP contribution is 2.28. The van der Waals surface area contributed by atoms with Gasteiger partial charge in [0, 0.05) is 4.92 Å². The molecule has 0 radical (unpaired) electrons. The van der Waals surface area contributed by atoms with Crippen molar-refractivity contribution >= 4 is 0 Å². The lowest BCUT2D eigenvalue weighted by Gasteiger charge is -2.31. The van der Waals surface area contributed by atoms with Crippen molar-refractivity contribution < 1.29 is 66.6 Å². The van der Waals surface area contributed by atoms with Crippen LogP contribution in [0.15, 0.2) is 0 Å². The standard InChI is InChI=1S/C9H10F3N7O18/c10-6(14(22)23,15(24)25)3-35-9(34-2-1-13(20)21,36-4-7(11,16(26)27)17(28)29)37-5-8(12,18(30)31)19(32)33/h1-5H2. The zero-order valence-electron chi connectivity index (χ0n) is 17.1. The maximum absolute atomic E-state index is 14.1. The van der Waals surface area contributed by atoms with Gasteiger partial charge >= 0.3 is 23.9 Å². The van der Waals surface area contributed by atoms with Gasteiger partial charge in [0.1, 0.15) is 36.1 Å². The maximum atomic E-state index is 14.1. The molecule has 0 rings (SSSR count).